The van der Waals surface area contributed by atoms with Crippen molar-refractivity contribution in [2.75, 3.05) is 12.8 Å². The number of nitrogens with two attached hydrogens (primary N) is 1. The second-order valence-corrected chi connectivity index (χ2v) is 2.11. The molecule has 0 bridgehead atoms. The lowest BCUT2D eigenvalue weighted by Crippen LogP contribution is -1.79. The summed E-state index contributed by atoms with van der Waals surface area (Å²) in [5, 5.41) is 0.682. The Morgan fingerprint density at radius 3 is 2.67 bits per heavy atom. The molecule has 0 saturated heterocycles. The SMILES string of the molecule is COc1cc(N)sn1.Cl. The van der Waals surface area contributed by atoms with E-state index in [1.807, 2.05) is 0 Å². The van der Waals surface area contributed by atoms with Gasteiger partial charge in [0.25, 0.3) is 0 Å². The van der Waals surface area contributed by atoms with Crippen LogP contribution < -0.4 is 10.5 Å². The predicted molar refractivity (Wildman–Crippen MR) is 40.3 cm³/mol. The smallest absolute Gasteiger partial charge is 0.227 e. The molecule has 0 radical (unpaired) electrons. The molecule has 2 N–H and O–H groups in total. The summed E-state index contributed by atoms with van der Waals surface area (Å²) in [6.07, 6.45) is 0. The molecule has 0 aromatic carbocycles. The average Bonchev–Trinajstić information content (AvgIpc) is 2.14. The first-order chi connectivity index (χ1) is 3.83. The molecule has 0 saturated carbocycles. The van der Waals surface area contributed by atoms with Crippen molar-refractivity contribution in [1.29, 1.82) is 0 Å². The van der Waals surface area contributed by atoms with Gasteiger partial charge in [0.1, 0.15) is 5.00 Å². The van der Waals surface area contributed by atoms with Crippen LogP contribution in [0.5, 0.6) is 5.88 Å². The lowest BCUT2D eigenvalue weighted by molar-refractivity contribution is 0.403. The zero-order valence-electron chi connectivity index (χ0n) is 4.83. The zero-order chi connectivity index (χ0) is 5.98. The second-order valence-electron chi connectivity index (χ2n) is 1.27. The van der Waals surface area contributed by atoms with Gasteiger partial charge in [0.05, 0.1) is 7.11 Å². The molecule has 0 aliphatic rings. The number of methoxy groups -OCH3 is 1. The highest BCUT2D eigenvalue weighted by Crippen LogP contribution is 2.16. The number of rotatable bonds is 1. The van der Waals surface area contributed by atoms with Crippen molar-refractivity contribution in [3.63, 3.8) is 0 Å². The molecule has 0 atom stereocenters. The van der Waals surface area contributed by atoms with Crippen molar-refractivity contribution in [3.05, 3.63) is 6.07 Å². The summed E-state index contributed by atoms with van der Waals surface area (Å²) < 4.78 is 8.58. The Kier molecular flexibility index (Phi) is 3.34. The van der Waals surface area contributed by atoms with E-state index in [1.54, 1.807) is 13.2 Å². The van der Waals surface area contributed by atoms with Crippen LogP contribution in [0.4, 0.5) is 5.00 Å². The zero-order valence-corrected chi connectivity index (χ0v) is 6.46. The summed E-state index contributed by atoms with van der Waals surface area (Å²) >= 11 is 1.23. The molecule has 0 unspecified atom stereocenters. The van der Waals surface area contributed by atoms with Crippen molar-refractivity contribution in [2.24, 2.45) is 0 Å². The third kappa shape index (κ3) is 2.07. The first kappa shape index (κ1) is 8.52. The fourth-order valence-electron chi connectivity index (χ4n) is 0.368. The summed E-state index contributed by atoms with van der Waals surface area (Å²) in [5.41, 5.74) is 5.33. The summed E-state index contributed by atoms with van der Waals surface area (Å²) in [6, 6.07) is 1.69. The minimum Gasteiger partial charge on any atom is -0.480 e. The summed E-state index contributed by atoms with van der Waals surface area (Å²) in [5.74, 6) is 0.590. The first-order valence-corrected chi connectivity index (χ1v) is 2.86. The molecule has 1 rings (SSSR count). The fraction of sp³-hybridized carbons (Fsp3) is 0.250. The van der Waals surface area contributed by atoms with Gasteiger partial charge in [-0.3, -0.25) is 0 Å². The van der Waals surface area contributed by atoms with Gasteiger partial charge < -0.3 is 10.5 Å². The molecule has 5 heteroatoms. The fourth-order valence-corrected chi connectivity index (χ4v) is 0.844. The standard InChI is InChI=1S/C4H6N2OS.ClH/c1-7-4-2-3(5)8-6-4;/h2H,5H2,1H3;1H. The highest BCUT2D eigenvalue weighted by atomic mass is 35.5. The quantitative estimate of drug-likeness (QED) is 0.681. The van der Waals surface area contributed by atoms with Crippen molar-refractivity contribution < 1.29 is 4.74 Å². The Balaban J connectivity index is 0.000000640. The maximum Gasteiger partial charge on any atom is 0.227 e. The van der Waals surface area contributed by atoms with Crippen LogP contribution in [0.15, 0.2) is 6.07 Å². The average molecular weight is 167 g/mol. The molecule has 3 nitrogen and oxygen atoms in total. The highest BCUT2D eigenvalue weighted by molar-refractivity contribution is 7.10. The van der Waals surface area contributed by atoms with Gasteiger partial charge >= 0.3 is 0 Å². The van der Waals surface area contributed by atoms with Crippen LogP contribution in [0.3, 0.4) is 0 Å². The number of nitrogens with zero attached hydrogens (tertiary/aromatic N) is 1. The second kappa shape index (κ2) is 3.53. The van der Waals surface area contributed by atoms with Crippen molar-refractivity contribution in [1.82, 2.24) is 4.37 Å². The van der Waals surface area contributed by atoms with E-state index in [0.29, 0.717) is 10.9 Å². The monoisotopic (exact) mass is 166 g/mol. The van der Waals surface area contributed by atoms with E-state index in [-0.39, 0.29) is 12.4 Å². The third-order valence-electron chi connectivity index (χ3n) is 0.716. The van der Waals surface area contributed by atoms with Crippen LogP contribution >= 0.6 is 23.9 Å². The van der Waals surface area contributed by atoms with E-state index in [2.05, 4.69) is 4.37 Å². The predicted octanol–water partition coefficient (Wildman–Crippen LogP) is 1.16. The maximum absolute atomic E-state index is 5.33. The molecule has 1 aromatic rings. The van der Waals surface area contributed by atoms with E-state index in [9.17, 15) is 0 Å². The Morgan fingerprint density at radius 2 is 2.44 bits per heavy atom. The molecule has 1 aromatic heterocycles. The molecule has 52 valence electrons. The number of anilines is 1. The van der Waals surface area contributed by atoms with Gasteiger partial charge in [-0.1, -0.05) is 0 Å². The number of halogens is 1. The Bertz CT molecular complexity index is 179. The first-order valence-electron chi connectivity index (χ1n) is 2.09. The number of ether oxygens (including phenoxy) is 1. The van der Waals surface area contributed by atoms with Crippen LogP contribution in [0.2, 0.25) is 0 Å². The molecular weight excluding hydrogens is 160 g/mol. The van der Waals surface area contributed by atoms with Gasteiger partial charge in [-0.15, -0.1) is 12.4 Å². The number of nitrogen functional groups attached to an aromatic ring is 1. The van der Waals surface area contributed by atoms with E-state index < -0.39 is 0 Å². The largest absolute Gasteiger partial charge is 0.480 e. The minimum absolute atomic E-state index is 0. The van der Waals surface area contributed by atoms with Gasteiger partial charge in [-0.25, -0.2) is 0 Å². The lowest BCUT2D eigenvalue weighted by Gasteiger charge is -1.85. The van der Waals surface area contributed by atoms with Crippen molar-refractivity contribution >= 4 is 28.9 Å². The third-order valence-corrected chi connectivity index (χ3v) is 1.32. The summed E-state index contributed by atoms with van der Waals surface area (Å²) in [6.45, 7) is 0. The highest BCUT2D eigenvalue weighted by Gasteiger charge is 1.93. The molecule has 9 heavy (non-hydrogen) atoms. The van der Waals surface area contributed by atoms with Crippen LogP contribution in [0.25, 0.3) is 0 Å². The lowest BCUT2D eigenvalue weighted by atomic mass is 10.7. The summed E-state index contributed by atoms with van der Waals surface area (Å²) in [7, 11) is 1.56. The van der Waals surface area contributed by atoms with Gasteiger partial charge in [-0.2, -0.15) is 4.37 Å². The van der Waals surface area contributed by atoms with Crippen LogP contribution in [0.1, 0.15) is 0 Å². The van der Waals surface area contributed by atoms with Crippen LogP contribution in [-0.2, 0) is 0 Å². The molecular formula is C4H7ClN2OS. The Morgan fingerprint density at radius 1 is 1.78 bits per heavy atom. The number of aromatic nitrogens is 1. The molecule has 0 amide bonds. The van der Waals surface area contributed by atoms with Gasteiger partial charge in [0, 0.05) is 6.07 Å². The van der Waals surface area contributed by atoms with E-state index in [0.717, 1.165) is 0 Å². The normalized spacial score (nSPS) is 8.11. The van der Waals surface area contributed by atoms with E-state index >= 15 is 0 Å². The Labute approximate surface area is 63.4 Å². The molecule has 0 spiro atoms. The molecule has 1 heterocycles. The van der Waals surface area contributed by atoms with Crippen LogP contribution in [0, 0.1) is 0 Å². The van der Waals surface area contributed by atoms with Crippen molar-refractivity contribution in [3.8, 4) is 5.88 Å². The summed E-state index contributed by atoms with van der Waals surface area (Å²) in [4.78, 5) is 0. The van der Waals surface area contributed by atoms with Gasteiger partial charge in [0.15, 0.2) is 0 Å². The number of hydrogen-bond acceptors (Lipinski definition) is 4. The molecule has 0 aliphatic carbocycles. The van der Waals surface area contributed by atoms with Crippen molar-refractivity contribution in [2.45, 2.75) is 0 Å². The molecule has 0 aliphatic heterocycles. The van der Waals surface area contributed by atoms with E-state index in [4.69, 9.17) is 10.5 Å². The van der Waals surface area contributed by atoms with Crippen LogP contribution in [-0.4, -0.2) is 11.5 Å². The Hall–Kier alpha value is -0.480. The van der Waals surface area contributed by atoms with Gasteiger partial charge in [-0.05, 0) is 11.5 Å². The van der Waals surface area contributed by atoms with E-state index in [1.165, 1.54) is 11.5 Å². The topological polar surface area (TPSA) is 48.1 Å². The van der Waals surface area contributed by atoms with Gasteiger partial charge in [0.2, 0.25) is 5.88 Å². The molecule has 0 fully saturated rings. The minimum atomic E-state index is 0. The number of hydrogen-bond donors (Lipinski definition) is 1. The maximum atomic E-state index is 5.33.